The summed E-state index contributed by atoms with van der Waals surface area (Å²) in [6.45, 7) is 6.11. The molecule has 0 saturated heterocycles. The van der Waals surface area contributed by atoms with E-state index >= 15 is 0 Å². The summed E-state index contributed by atoms with van der Waals surface area (Å²) < 4.78 is 6.02. The van der Waals surface area contributed by atoms with Crippen LogP contribution in [-0.4, -0.2) is 13.4 Å². The molecule has 0 atom stereocenters. The maximum Gasteiger partial charge on any atom is 0.242 e. The molecule has 0 unspecified atom stereocenters. The van der Waals surface area contributed by atoms with Gasteiger partial charge in [0.05, 0.1) is 0 Å². The van der Waals surface area contributed by atoms with Gasteiger partial charge in [-0.1, -0.05) is 35.4 Å². The molecule has 27 heavy (non-hydrogen) atoms. The van der Waals surface area contributed by atoms with E-state index in [-0.39, 0.29) is 5.75 Å². The molecule has 0 aliphatic rings. The molecule has 0 radical (unpaired) electrons. The van der Waals surface area contributed by atoms with Gasteiger partial charge < -0.3 is 9.53 Å². The summed E-state index contributed by atoms with van der Waals surface area (Å²) in [4.78, 5) is 2.99. The van der Waals surface area contributed by atoms with Crippen LogP contribution in [0.4, 0.5) is 5.69 Å². The molecule has 134 valence electrons. The fraction of sp³-hybridized carbons (Fsp3) is 0.143. The van der Waals surface area contributed by atoms with E-state index in [2.05, 4.69) is 28.2 Å². The van der Waals surface area contributed by atoms with Crippen LogP contribution in [0.25, 0.3) is 42.8 Å². The Kier molecular flexibility index (Phi) is 3.95. The monoisotopic (exact) mass is 373 g/mol. The van der Waals surface area contributed by atoms with Crippen molar-refractivity contribution in [1.82, 2.24) is 0 Å². The van der Waals surface area contributed by atoms with Gasteiger partial charge in [0.1, 0.15) is 5.75 Å². The van der Waals surface area contributed by atoms with Gasteiger partial charge in [0, 0.05) is 21.4 Å². The standard InChI is InChI=1S/C21H19N3O2Si/c1-27(2,3)26-19-12-18(23-24-22)20-16(21(19)25)9-8-15-10-13-6-4-5-7-14(13)11-17(15)20/h4-12,25H,1-3H3. The number of azide groups is 1. The lowest BCUT2D eigenvalue weighted by Gasteiger charge is -2.21. The minimum atomic E-state index is -1.95. The number of benzene rings is 4. The van der Waals surface area contributed by atoms with Gasteiger partial charge in [-0.3, -0.25) is 0 Å². The van der Waals surface area contributed by atoms with E-state index in [0.29, 0.717) is 16.8 Å². The highest BCUT2D eigenvalue weighted by molar-refractivity contribution is 6.70. The lowest BCUT2D eigenvalue weighted by molar-refractivity contribution is 0.442. The Bertz CT molecular complexity index is 1260. The number of aromatic hydroxyl groups is 1. The van der Waals surface area contributed by atoms with Gasteiger partial charge >= 0.3 is 0 Å². The number of hydrogen-bond acceptors (Lipinski definition) is 3. The molecule has 1 N–H and O–H groups in total. The Labute approximate surface area is 157 Å². The zero-order chi connectivity index (χ0) is 19.2. The highest BCUT2D eigenvalue weighted by atomic mass is 28.4. The summed E-state index contributed by atoms with van der Waals surface area (Å²) in [7, 11) is -1.95. The van der Waals surface area contributed by atoms with Crippen LogP contribution in [-0.2, 0) is 0 Å². The minimum absolute atomic E-state index is 0.0828. The molecule has 0 bridgehead atoms. The molecule has 0 heterocycles. The highest BCUT2D eigenvalue weighted by Crippen LogP contribution is 2.45. The summed E-state index contributed by atoms with van der Waals surface area (Å²) in [5.41, 5.74) is 9.54. The smallest absolute Gasteiger partial charge is 0.242 e. The maximum atomic E-state index is 10.8. The fourth-order valence-electron chi connectivity index (χ4n) is 3.42. The summed E-state index contributed by atoms with van der Waals surface area (Å²) in [5, 5.41) is 20.3. The van der Waals surface area contributed by atoms with Gasteiger partial charge in [0.2, 0.25) is 8.32 Å². The molecule has 4 rings (SSSR count). The largest absolute Gasteiger partial charge is 0.542 e. The average Bonchev–Trinajstić information content (AvgIpc) is 2.62. The van der Waals surface area contributed by atoms with Gasteiger partial charge in [-0.05, 0) is 71.0 Å². The third-order valence-electron chi connectivity index (χ3n) is 4.47. The SMILES string of the molecule is C[Si](C)(C)Oc1cc(N=[N+]=[N-])c2c(ccc3cc4ccccc4cc32)c1O. The Hall–Kier alpha value is -3.21. The summed E-state index contributed by atoms with van der Waals surface area (Å²) in [6, 6.07) is 17.8. The number of phenolic OH excluding ortho intramolecular Hbond substituents is 1. The van der Waals surface area contributed by atoms with Gasteiger partial charge in [-0.2, -0.15) is 0 Å². The van der Waals surface area contributed by atoms with E-state index in [4.69, 9.17) is 9.96 Å². The molecule has 0 fully saturated rings. The first kappa shape index (κ1) is 17.2. The Morgan fingerprint density at radius 1 is 0.926 bits per heavy atom. The van der Waals surface area contributed by atoms with Gasteiger partial charge in [-0.25, -0.2) is 0 Å². The molecule has 0 amide bonds. The molecule has 4 aromatic rings. The third-order valence-corrected chi connectivity index (χ3v) is 5.30. The number of rotatable bonds is 3. The van der Waals surface area contributed by atoms with Crippen LogP contribution in [0.5, 0.6) is 11.5 Å². The van der Waals surface area contributed by atoms with Crippen molar-refractivity contribution in [2.75, 3.05) is 0 Å². The second kappa shape index (κ2) is 6.19. The minimum Gasteiger partial charge on any atom is -0.542 e. The number of hydrogen-bond donors (Lipinski definition) is 1. The van der Waals surface area contributed by atoms with E-state index in [0.717, 1.165) is 26.9 Å². The molecule has 6 heteroatoms. The molecule has 0 spiro atoms. The van der Waals surface area contributed by atoms with Crippen molar-refractivity contribution in [1.29, 1.82) is 0 Å². The molecule has 0 aliphatic heterocycles. The summed E-state index contributed by atoms with van der Waals surface area (Å²) >= 11 is 0. The lowest BCUT2D eigenvalue weighted by atomic mass is 9.96. The van der Waals surface area contributed by atoms with Crippen LogP contribution in [0.3, 0.4) is 0 Å². The van der Waals surface area contributed by atoms with Gasteiger partial charge in [0.15, 0.2) is 5.75 Å². The predicted molar refractivity (Wildman–Crippen MR) is 113 cm³/mol. The molecule has 0 aliphatic carbocycles. The molecule has 5 nitrogen and oxygen atoms in total. The highest BCUT2D eigenvalue weighted by Gasteiger charge is 2.21. The molecular weight excluding hydrogens is 354 g/mol. The van der Waals surface area contributed by atoms with Gasteiger partial charge in [-0.15, -0.1) is 0 Å². The van der Waals surface area contributed by atoms with Crippen molar-refractivity contribution in [3.8, 4) is 11.5 Å². The molecule has 4 aromatic carbocycles. The topological polar surface area (TPSA) is 78.2 Å². The number of phenols is 1. The first-order chi connectivity index (χ1) is 12.9. The zero-order valence-corrected chi connectivity index (χ0v) is 16.4. The van der Waals surface area contributed by atoms with Crippen LogP contribution < -0.4 is 4.43 Å². The second-order valence-electron chi connectivity index (χ2n) is 7.55. The van der Waals surface area contributed by atoms with Gasteiger partial charge in [0.25, 0.3) is 0 Å². The fourth-order valence-corrected chi connectivity index (χ4v) is 4.23. The third kappa shape index (κ3) is 3.05. The van der Waals surface area contributed by atoms with E-state index in [1.54, 1.807) is 6.07 Å². The summed E-state index contributed by atoms with van der Waals surface area (Å²) in [6.07, 6.45) is 0. The van der Waals surface area contributed by atoms with Crippen molar-refractivity contribution in [3.63, 3.8) is 0 Å². The lowest BCUT2D eigenvalue weighted by Crippen LogP contribution is -2.29. The normalized spacial score (nSPS) is 11.7. The number of nitrogens with zero attached hydrogens (tertiary/aromatic N) is 3. The van der Waals surface area contributed by atoms with Crippen molar-refractivity contribution >= 4 is 46.3 Å². The van der Waals surface area contributed by atoms with E-state index in [1.807, 2.05) is 50.0 Å². The van der Waals surface area contributed by atoms with E-state index in [1.165, 1.54) is 0 Å². The van der Waals surface area contributed by atoms with Crippen LogP contribution >= 0.6 is 0 Å². The Morgan fingerprint density at radius 2 is 1.63 bits per heavy atom. The van der Waals surface area contributed by atoms with E-state index < -0.39 is 8.32 Å². The molecular formula is C21H19N3O2Si. The quantitative estimate of drug-likeness (QED) is 0.105. The van der Waals surface area contributed by atoms with Crippen molar-refractivity contribution < 1.29 is 9.53 Å². The van der Waals surface area contributed by atoms with Crippen LogP contribution in [0, 0.1) is 0 Å². The van der Waals surface area contributed by atoms with Crippen LogP contribution in [0.15, 0.2) is 59.7 Å². The van der Waals surface area contributed by atoms with Crippen molar-refractivity contribution in [2.45, 2.75) is 19.6 Å². The second-order valence-corrected chi connectivity index (χ2v) is 12.0. The van der Waals surface area contributed by atoms with E-state index in [9.17, 15) is 5.11 Å². The van der Waals surface area contributed by atoms with Crippen LogP contribution in [0.2, 0.25) is 19.6 Å². The summed E-state index contributed by atoms with van der Waals surface area (Å²) in [5.74, 6) is 0.448. The average molecular weight is 373 g/mol. The number of fused-ring (bicyclic) bond motifs is 4. The Balaban J connectivity index is 2.14. The predicted octanol–water partition coefficient (Wildman–Crippen LogP) is 7.01. The zero-order valence-electron chi connectivity index (χ0n) is 15.4. The first-order valence-corrected chi connectivity index (χ1v) is 12.1. The first-order valence-electron chi connectivity index (χ1n) is 8.73. The van der Waals surface area contributed by atoms with Crippen LogP contribution in [0.1, 0.15) is 0 Å². The molecule has 0 aromatic heterocycles. The Morgan fingerprint density at radius 3 is 2.30 bits per heavy atom. The maximum absolute atomic E-state index is 10.8. The van der Waals surface area contributed by atoms with Crippen molar-refractivity contribution in [2.24, 2.45) is 5.11 Å². The van der Waals surface area contributed by atoms with Crippen molar-refractivity contribution in [3.05, 3.63) is 65.0 Å². The molecule has 0 saturated carbocycles.